The van der Waals surface area contributed by atoms with E-state index in [1.54, 1.807) is 0 Å². The number of benzene rings is 1. The number of nitrogens with zero attached hydrogens (tertiary/aromatic N) is 1. The van der Waals surface area contributed by atoms with Crippen molar-refractivity contribution in [1.82, 2.24) is 5.32 Å². The fourth-order valence-corrected chi connectivity index (χ4v) is 2.74. The molecule has 1 aromatic carbocycles. The molecule has 1 saturated heterocycles. The Morgan fingerprint density at radius 2 is 1.78 bits per heavy atom. The van der Waals surface area contributed by atoms with Gasteiger partial charge in [-0.3, -0.25) is 0 Å². The van der Waals surface area contributed by atoms with Crippen LogP contribution in [0.25, 0.3) is 0 Å². The van der Waals surface area contributed by atoms with Gasteiger partial charge in [0.05, 0.1) is 0 Å². The number of hydrogen-bond acceptors (Lipinski definition) is 2. The number of rotatable bonds is 1. The highest BCUT2D eigenvalue weighted by atomic mass is 15.3. The average molecular weight is 246 g/mol. The van der Waals surface area contributed by atoms with E-state index in [-0.39, 0.29) is 11.1 Å². The number of piperazine rings is 1. The van der Waals surface area contributed by atoms with Gasteiger partial charge in [-0.05, 0) is 53.2 Å². The van der Waals surface area contributed by atoms with E-state index >= 15 is 0 Å². The van der Waals surface area contributed by atoms with Gasteiger partial charge in [-0.1, -0.05) is 17.7 Å². The van der Waals surface area contributed by atoms with Crippen LogP contribution in [0.2, 0.25) is 0 Å². The normalized spacial score (nSPS) is 22.0. The van der Waals surface area contributed by atoms with Crippen molar-refractivity contribution in [3.8, 4) is 0 Å². The van der Waals surface area contributed by atoms with Gasteiger partial charge in [-0.25, -0.2) is 0 Å². The summed E-state index contributed by atoms with van der Waals surface area (Å²) >= 11 is 0. The smallest absolute Gasteiger partial charge is 0.0471 e. The molecule has 0 bridgehead atoms. The minimum atomic E-state index is 0.162. The molecule has 1 aromatic rings. The second kappa shape index (κ2) is 4.27. The molecule has 2 rings (SSSR count). The maximum absolute atomic E-state index is 3.64. The van der Waals surface area contributed by atoms with Crippen LogP contribution in [0.15, 0.2) is 18.2 Å². The van der Waals surface area contributed by atoms with Crippen LogP contribution in [0.5, 0.6) is 0 Å². The molecule has 0 unspecified atom stereocenters. The van der Waals surface area contributed by atoms with Crippen molar-refractivity contribution in [1.29, 1.82) is 0 Å². The zero-order valence-corrected chi connectivity index (χ0v) is 12.6. The summed E-state index contributed by atoms with van der Waals surface area (Å²) in [6.45, 7) is 15.6. The lowest BCUT2D eigenvalue weighted by Gasteiger charge is -2.51. The molecule has 0 amide bonds. The van der Waals surface area contributed by atoms with E-state index in [0.29, 0.717) is 0 Å². The summed E-state index contributed by atoms with van der Waals surface area (Å²) in [6.07, 6.45) is 0. The Bertz CT molecular complexity index is 446. The van der Waals surface area contributed by atoms with Gasteiger partial charge in [-0.2, -0.15) is 0 Å². The summed E-state index contributed by atoms with van der Waals surface area (Å²) in [5, 5.41) is 3.64. The predicted molar refractivity (Wildman–Crippen MR) is 79.4 cm³/mol. The van der Waals surface area contributed by atoms with Gasteiger partial charge in [0.25, 0.3) is 0 Å². The summed E-state index contributed by atoms with van der Waals surface area (Å²) < 4.78 is 0. The zero-order chi connectivity index (χ0) is 13.6. The van der Waals surface area contributed by atoms with Crippen molar-refractivity contribution < 1.29 is 0 Å². The second-order valence-electron chi connectivity index (χ2n) is 6.93. The molecular weight excluding hydrogens is 220 g/mol. The summed E-state index contributed by atoms with van der Waals surface area (Å²) in [6, 6.07) is 6.77. The summed E-state index contributed by atoms with van der Waals surface area (Å²) in [5.74, 6) is 0. The van der Waals surface area contributed by atoms with Crippen LogP contribution in [0.1, 0.15) is 38.8 Å². The van der Waals surface area contributed by atoms with Gasteiger partial charge in [0.1, 0.15) is 0 Å². The second-order valence-corrected chi connectivity index (χ2v) is 6.93. The van der Waals surface area contributed by atoms with Crippen molar-refractivity contribution in [3.05, 3.63) is 29.3 Å². The Morgan fingerprint density at radius 1 is 1.11 bits per heavy atom. The molecular formula is C16H26N2. The van der Waals surface area contributed by atoms with E-state index in [0.717, 1.165) is 13.1 Å². The number of aryl methyl sites for hydroxylation is 2. The van der Waals surface area contributed by atoms with Gasteiger partial charge in [-0.15, -0.1) is 0 Å². The molecule has 2 nitrogen and oxygen atoms in total. The Morgan fingerprint density at radius 3 is 2.39 bits per heavy atom. The van der Waals surface area contributed by atoms with Gasteiger partial charge in [0.2, 0.25) is 0 Å². The molecule has 0 atom stereocenters. The molecule has 1 N–H and O–H groups in total. The van der Waals surface area contributed by atoms with Crippen LogP contribution in [-0.4, -0.2) is 24.2 Å². The SMILES string of the molecule is Cc1ccc(N2CC(C)(C)NCC2(C)C)c(C)c1. The minimum absolute atomic E-state index is 0.162. The monoisotopic (exact) mass is 246 g/mol. The van der Waals surface area contributed by atoms with E-state index in [1.165, 1.54) is 16.8 Å². The Hall–Kier alpha value is -1.02. The van der Waals surface area contributed by atoms with E-state index < -0.39 is 0 Å². The fourth-order valence-electron chi connectivity index (χ4n) is 2.74. The van der Waals surface area contributed by atoms with Crippen molar-refractivity contribution >= 4 is 5.69 Å². The molecule has 0 aromatic heterocycles. The largest absolute Gasteiger partial charge is 0.363 e. The van der Waals surface area contributed by atoms with Crippen LogP contribution in [0.3, 0.4) is 0 Å². The van der Waals surface area contributed by atoms with E-state index in [2.05, 4.69) is 70.0 Å². The third-order valence-corrected chi connectivity index (χ3v) is 3.93. The maximum atomic E-state index is 3.64. The van der Waals surface area contributed by atoms with Gasteiger partial charge in [0, 0.05) is 29.9 Å². The minimum Gasteiger partial charge on any atom is -0.363 e. The molecule has 0 aliphatic carbocycles. The molecule has 2 heteroatoms. The van der Waals surface area contributed by atoms with E-state index in [4.69, 9.17) is 0 Å². The predicted octanol–water partition coefficient (Wildman–Crippen LogP) is 3.27. The van der Waals surface area contributed by atoms with E-state index in [9.17, 15) is 0 Å². The maximum Gasteiger partial charge on any atom is 0.0471 e. The molecule has 1 heterocycles. The molecule has 0 spiro atoms. The van der Waals surface area contributed by atoms with Gasteiger partial charge >= 0.3 is 0 Å². The van der Waals surface area contributed by atoms with Crippen molar-refractivity contribution in [2.45, 2.75) is 52.6 Å². The first-order valence-electron chi connectivity index (χ1n) is 6.81. The lowest BCUT2D eigenvalue weighted by molar-refractivity contribution is 0.260. The first-order chi connectivity index (χ1) is 8.21. The standard InChI is InChI=1S/C16H26N2/c1-12-7-8-14(13(2)9-12)18-11-15(3,4)17-10-16(18,5)6/h7-9,17H,10-11H2,1-6H3. The zero-order valence-electron chi connectivity index (χ0n) is 12.6. The van der Waals surface area contributed by atoms with E-state index in [1.807, 2.05) is 0 Å². The third kappa shape index (κ3) is 2.54. The quantitative estimate of drug-likeness (QED) is 0.818. The summed E-state index contributed by atoms with van der Waals surface area (Å²) in [5.41, 5.74) is 4.42. The topological polar surface area (TPSA) is 15.3 Å². The fraction of sp³-hybridized carbons (Fsp3) is 0.625. The van der Waals surface area contributed by atoms with Crippen molar-refractivity contribution in [3.63, 3.8) is 0 Å². The average Bonchev–Trinajstić information content (AvgIpc) is 2.23. The molecule has 0 saturated carbocycles. The Labute approximate surface area is 111 Å². The lowest BCUT2D eigenvalue weighted by atomic mass is 9.90. The lowest BCUT2D eigenvalue weighted by Crippen LogP contribution is -2.66. The molecule has 1 fully saturated rings. The highest BCUT2D eigenvalue weighted by Gasteiger charge is 2.38. The first-order valence-corrected chi connectivity index (χ1v) is 6.81. The van der Waals surface area contributed by atoms with Crippen molar-refractivity contribution in [2.75, 3.05) is 18.0 Å². The highest BCUT2D eigenvalue weighted by Crippen LogP contribution is 2.32. The molecule has 0 radical (unpaired) electrons. The molecule has 18 heavy (non-hydrogen) atoms. The van der Waals surface area contributed by atoms with Gasteiger partial charge < -0.3 is 10.2 Å². The van der Waals surface area contributed by atoms with Gasteiger partial charge in [0.15, 0.2) is 0 Å². The first kappa shape index (κ1) is 13.4. The van der Waals surface area contributed by atoms with Crippen molar-refractivity contribution in [2.24, 2.45) is 0 Å². The Kier molecular flexibility index (Phi) is 3.18. The third-order valence-electron chi connectivity index (χ3n) is 3.93. The summed E-state index contributed by atoms with van der Waals surface area (Å²) in [7, 11) is 0. The van der Waals surface area contributed by atoms with Crippen LogP contribution >= 0.6 is 0 Å². The Balaban J connectivity index is 2.39. The van der Waals surface area contributed by atoms with Crippen LogP contribution < -0.4 is 10.2 Å². The molecule has 100 valence electrons. The van der Waals surface area contributed by atoms with Crippen LogP contribution in [0, 0.1) is 13.8 Å². The molecule has 1 aliphatic heterocycles. The highest BCUT2D eigenvalue weighted by molar-refractivity contribution is 5.57. The van der Waals surface area contributed by atoms with Crippen LogP contribution in [0.4, 0.5) is 5.69 Å². The molecule has 1 aliphatic rings. The number of anilines is 1. The number of hydrogen-bond donors (Lipinski definition) is 1. The van der Waals surface area contributed by atoms with Crippen LogP contribution in [-0.2, 0) is 0 Å². The number of nitrogens with one attached hydrogen (secondary N) is 1. The summed E-state index contributed by atoms with van der Waals surface area (Å²) in [4.78, 5) is 2.55.